The standard InChI is InChI=1S/C14H21N3O4S.ClH/c1-11(15)14(18)16-10-12-2-4-13(5-3-12)22(19,20)17-6-8-21-9-7-17;/h2-5,11H,6-10,15H2,1H3,(H,16,18);1H/t11-;/m1./s1. The Morgan fingerprint density at radius 2 is 1.87 bits per heavy atom. The summed E-state index contributed by atoms with van der Waals surface area (Å²) < 4.78 is 31.5. The van der Waals surface area contributed by atoms with Gasteiger partial charge in [-0.3, -0.25) is 4.79 Å². The monoisotopic (exact) mass is 363 g/mol. The molecule has 0 bridgehead atoms. The maximum Gasteiger partial charge on any atom is 0.243 e. The molecule has 0 unspecified atom stereocenters. The number of ether oxygens (including phenoxy) is 1. The molecule has 7 nitrogen and oxygen atoms in total. The van der Waals surface area contributed by atoms with Crippen LogP contribution in [-0.4, -0.2) is 51.0 Å². The summed E-state index contributed by atoms with van der Waals surface area (Å²) in [6.45, 7) is 3.50. The Kier molecular flexibility index (Phi) is 7.43. The first kappa shape index (κ1) is 19.9. The highest BCUT2D eigenvalue weighted by atomic mass is 35.5. The lowest BCUT2D eigenvalue weighted by atomic mass is 10.2. The zero-order valence-corrected chi connectivity index (χ0v) is 14.5. The van der Waals surface area contributed by atoms with Gasteiger partial charge in [-0.15, -0.1) is 12.4 Å². The summed E-state index contributed by atoms with van der Waals surface area (Å²) in [6.07, 6.45) is 0. The lowest BCUT2D eigenvalue weighted by Crippen LogP contribution is -2.40. The third-order valence-electron chi connectivity index (χ3n) is 3.41. The SMILES string of the molecule is C[C@@H](N)C(=O)NCc1ccc(S(=O)(=O)N2CCOCC2)cc1.Cl. The van der Waals surface area contributed by atoms with E-state index < -0.39 is 16.1 Å². The van der Waals surface area contributed by atoms with Crippen LogP contribution in [0.3, 0.4) is 0 Å². The topological polar surface area (TPSA) is 102 Å². The van der Waals surface area contributed by atoms with Crippen LogP contribution in [0, 0.1) is 0 Å². The van der Waals surface area contributed by atoms with Crippen LogP contribution >= 0.6 is 12.4 Å². The predicted molar refractivity (Wildman–Crippen MR) is 88.8 cm³/mol. The highest BCUT2D eigenvalue weighted by Crippen LogP contribution is 2.17. The minimum atomic E-state index is -3.48. The van der Waals surface area contributed by atoms with Crippen molar-refractivity contribution in [3.63, 3.8) is 0 Å². The van der Waals surface area contributed by atoms with Crippen LogP contribution in [-0.2, 0) is 26.1 Å². The van der Waals surface area contributed by atoms with E-state index >= 15 is 0 Å². The van der Waals surface area contributed by atoms with E-state index in [0.717, 1.165) is 5.56 Å². The van der Waals surface area contributed by atoms with Gasteiger partial charge in [-0.1, -0.05) is 12.1 Å². The molecule has 3 N–H and O–H groups in total. The second kappa shape index (κ2) is 8.60. The van der Waals surface area contributed by atoms with Crippen molar-refractivity contribution in [3.8, 4) is 0 Å². The summed E-state index contributed by atoms with van der Waals surface area (Å²) in [5, 5.41) is 2.68. The Morgan fingerprint density at radius 3 is 2.39 bits per heavy atom. The van der Waals surface area contributed by atoms with Crippen molar-refractivity contribution in [1.82, 2.24) is 9.62 Å². The largest absolute Gasteiger partial charge is 0.379 e. The summed E-state index contributed by atoms with van der Waals surface area (Å²) in [7, 11) is -3.48. The van der Waals surface area contributed by atoms with Gasteiger partial charge >= 0.3 is 0 Å². The van der Waals surface area contributed by atoms with Crippen molar-refractivity contribution in [3.05, 3.63) is 29.8 Å². The van der Waals surface area contributed by atoms with Crippen molar-refractivity contribution >= 4 is 28.3 Å². The third kappa shape index (κ3) is 5.15. The van der Waals surface area contributed by atoms with E-state index in [4.69, 9.17) is 10.5 Å². The minimum Gasteiger partial charge on any atom is -0.379 e. The van der Waals surface area contributed by atoms with Gasteiger partial charge in [-0.2, -0.15) is 4.31 Å². The molecule has 0 aromatic heterocycles. The normalized spacial score (nSPS) is 17.1. The number of rotatable bonds is 5. The number of benzene rings is 1. The minimum absolute atomic E-state index is 0. The average molecular weight is 364 g/mol. The molecule has 1 aromatic carbocycles. The number of sulfonamides is 1. The second-order valence-corrected chi connectivity index (χ2v) is 7.10. The van der Waals surface area contributed by atoms with Gasteiger partial charge in [0.1, 0.15) is 0 Å². The van der Waals surface area contributed by atoms with Crippen LogP contribution in [0.25, 0.3) is 0 Å². The molecular formula is C14H22ClN3O4S. The molecule has 0 spiro atoms. The molecule has 1 saturated heterocycles. The zero-order valence-electron chi connectivity index (χ0n) is 12.9. The van der Waals surface area contributed by atoms with E-state index in [1.54, 1.807) is 31.2 Å². The molecule has 1 aliphatic rings. The van der Waals surface area contributed by atoms with Crippen LogP contribution in [0.5, 0.6) is 0 Å². The quantitative estimate of drug-likeness (QED) is 0.772. The summed E-state index contributed by atoms with van der Waals surface area (Å²) in [6, 6.07) is 5.92. The van der Waals surface area contributed by atoms with E-state index in [-0.39, 0.29) is 23.2 Å². The van der Waals surface area contributed by atoms with E-state index in [1.807, 2.05) is 0 Å². The molecule has 0 radical (unpaired) electrons. The molecule has 2 rings (SSSR count). The van der Waals surface area contributed by atoms with E-state index in [2.05, 4.69) is 5.32 Å². The molecule has 1 amide bonds. The molecule has 23 heavy (non-hydrogen) atoms. The highest BCUT2D eigenvalue weighted by molar-refractivity contribution is 7.89. The number of carbonyl (C=O) groups is 1. The Bertz CT molecular complexity index is 613. The summed E-state index contributed by atoms with van der Waals surface area (Å²) in [4.78, 5) is 11.6. The number of carbonyl (C=O) groups excluding carboxylic acids is 1. The molecule has 1 aromatic rings. The summed E-state index contributed by atoms with van der Waals surface area (Å²) >= 11 is 0. The maximum absolute atomic E-state index is 12.4. The van der Waals surface area contributed by atoms with Gasteiger partial charge < -0.3 is 15.8 Å². The highest BCUT2D eigenvalue weighted by Gasteiger charge is 2.26. The van der Waals surface area contributed by atoms with Crippen molar-refractivity contribution in [1.29, 1.82) is 0 Å². The van der Waals surface area contributed by atoms with Gasteiger partial charge in [0.15, 0.2) is 0 Å². The number of hydrogen-bond acceptors (Lipinski definition) is 5. The number of amides is 1. The van der Waals surface area contributed by atoms with E-state index in [1.165, 1.54) is 4.31 Å². The molecule has 0 aliphatic carbocycles. The molecule has 1 heterocycles. The van der Waals surface area contributed by atoms with E-state index in [0.29, 0.717) is 32.8 Å². The average Bonchev–Trinajstić information content (AvgIpc) is 2.53. The fourth-order valence-electron chi connectivity index (χ4n) is 2.07. The first-order valence-electron chi connectivity index (χ1n) is 7.11. The summed E-state index contributed by atoms with van der Waals surface area (Å²) in [5.41, 5.74) is 6.27. The second-order valence-electron chi connectivity index (χ2n) is 5.17. The van der Waals surface area contributed by atoms with Gasteiger partial charge in [-0.05, 0) is 24.6 Å². The van der Waals surface area contributed by atoms with Gasteiger partial charge in [0.05, 0.1) is 24.2 Å². The Hall–Kier alpha value is -1.19. The van der Waals surface area contributed by atoms with Crippen molar-refractivity contribution < 1.29 is 17.9 Å². The number of nitrogens with zero attached hydrogens (tertiary/aromatic N) is 1. The van der Waals surface area contributed by atoms with Crippen LogP contribution in [0.1, 0.15) is 12.5 Å². The molecule has 1 aliphatic heterocycles. The Balaban J connectivity index is 0.00000264. The van der Waals surface area contributed by atoms with Gasteiger partial charge in [0.25, 0.3) is 0 Å². The van der Waals surface area contributed by atoms with Crippen molar-refractivity contribution in [2.75, 3.05) is 26.3 Å². The number of halogens is 1. The van der Waals surface area contributed by atoms with Gasteiger partial charge in [-0.25, -0.2) is 8.42 Å². The summed E-state index contributed by atoms with van der Waals surface area (Å²) in [5.74, 6) is -0.245. The first-order chi connectivity index (χ1) is 10.4. The lowest BCUT2D eigenvalue weighted by Gasteiger charge is -2.26. The smallest absolute Gasteiger partial charge is 0.243 e. The molecule has 1 fully saturated rings. The molecule has 0 saturated carbocycles. The number of nitrogens with one attached hydrogen (secondary N) is 1. The fourth-order valence-corrected chi connectivity index (χ4v) is 3.47. The predicted octanol–water partition coefficient (Wildman–Crippen LogP) is 0.0927. The molecule has 9 heteroatoms. The Morgan fingerprint density at radius 1 is 1.30 bits per heavy atom. The number of nitrogens with two attached hydrogens (primary N) is 1. The van der Waals surface area contributed by atoms with Crippen molar-refractivity contribution in [2.24, 2.45) is 5.73 Å². The van der Waals surface area contributed by atoms with Crippen molar-refractivity contribution in [2.45, 2.75) is 24.4 Å². The zero-order chi connectivity index (χ0) is 16.2. The van der Waals surface area contributed by atoms with Crippen LogP contribution in [0.15, 0.2) is 29.2 Å². The third-order valence-corrected chi connectivity index (χ3v) is 5.32. The van der Waals surface area contributed by atoms with Gasteiger partial charge in [0.2, 0.25) is 15.9 Å². The maximum atomic E-state index is 12.4. The lowest BCUT2D eigenvalue weighted by molar-refractivity contribution is -0.122. The Labute approximate surface area is 142 Å². The first-order valence-corrected chi connectivity index (χ1v) is 8.55. The van der Waals surface area contributed by atoms with Gasteiger partial charge in [0, 0.05) is 19.6 Å². The van der Waals surface area contributed by atoms with Crippen LogP contribution < -0.4 is 11.1 Å². The van der Waals surface area contributed by atoms with E-state index in [9.17, 15) is 13.2 Å². The van der Waals surface area contributed by atoms with Crippen LogP contribution in [0.4, 0.5) is 0 Å². The molecule has 1 atom stereocenters. The molecule has 130 valence electrons. The molecular weight excluding hydrogens is 342 g/mol. The number of hydrogen-bond donors (Lipinski definition) is 2. The number of morpholine rings is 1. The van der Waals surface area contributed by atoms with Crippen LogP contribution in [0.2, 0.25) is 0 Å². The fraction of sp³-hybridized carbons (Fsp3) is 0.500.